The normalized spacial score (nSPS) is 13.9. The Bertz CT molecular complexity index is 1510. The third-order valence-electron chi connectivity index (χ3n) is 5.56. The number of hydrogen-bond acceptors (Lipinski definition) is 7. The second-order valence-electron chi connectivity index (χ2n) is 8.53. The van der Waals surface area contributed by atoms with Gasteiger partial charge in [-0.15, -0.1) is 0 Å². The summed E-state index contributed by atoms with van der Waals surface area (Å²) in [6.45, 7) is 1.23. The molecule has 0 aliphatic carbocycles. The smallest absolute Gasteiger partial charge is 0.294 e. The number of aryl methyl sites for hydroxylation is 1. The third-order valence-corrected chi connectivity index (χ3v) is 7.38. The van der Waals surface area contributed by atoms with Crippen LogP contribution < -0.4 is 20.1 Å². The van der Waals surface area contributed by atoms with E-state index in [1.54, 1.807) is 48.5 Å². The van der Waals surface area contributed by atoms with Crippen molar-refractivity contribution >= 4 is 79.7 Å². The number of nitrogens with one attached hydrogen (secondary N) is 2. The Morgan fingerprint density at radius 2 is 1.77 bits per heavy atom. The molecule has 4 amide bonds. The van der Waals surface area contributed by atoms with Crippen molar-refractivity contribution in [3.8, 4) is 11.5 Å². The van der Waals surface area contributed by atoms with Gasteiger partial charge in [0.1, 0.15) is 6.54 Å². The van der Waals surface area contributed by atoms with Gasteiger partial charge in [0.15, 0.2) is 18.1 Å². The van der Waals surface area contributed by atoms with Gasteiger partial charge >= 0.3 is 0 Å². The highest BCUT2D eigenvalue weighted by molar-refractivity contribution is 9.10. The molecule has 3 aromatic carbocycles. The molecule has 2 N–H and O–H groups in total. The van der Waals surface area contributed by atoms with Crippen molar-refractivity contribution in [2.75, 3.05) is 30.9 Å². The molecule has 4 rings (SSSR count). The van der Waals surface area contributed by atoms with E-state index in [4.69, 9.17) is 21.1 Å². The van der Waals surface area contributed by atoms with E-state index in [2.05, 4.69) is 26.6 Å². The predicted molar refractivity (Wildman–Crippen MR) is 159 cm³/mol. The minimum Gasteiger partial charge on any atom is -0.493 e. The molecule has 9 nitrogen and oxygen atoms in total. The molecule has 40 heavy (non-hydrogen) atoms. The number of rotatable bonds is 9. The minimum atomic E-state index is -0.604. The summed E-state index contributed by atoms with van der Waals surface area (Å²) >= 11 is 10.2. The molecule has 206 valence electrons. The van der Waals surface area contributed by atoms with Crippen LogP contribution in [0.1, 0.15) is 11.1 Å². The Balaban J connectivity index is 1.42. The first kappa shape index (κ1) is 29.2. The Morgan fingerprint density at radius 1 is 1.05 bits per heavy atom. The van der Waals surface area contributed by atoms with Crippen molar-refractivity contribution in [3.63, 3.8) is 0 Å². The van der Waals surface area contributed by atoms with Crippen molar-refractivity contribution in [1.29, 1.82) is 0 Å². The number of halogens is 2. The lowest BCUT2D eigenvalue weighted by atomic mass is 10.2. The van der Waals surface area contributed by atoms with Crippen LogP contribution in [0, 0.1) is 6.92 Å². The van der Waals surface area contributed by atoms with Crippen LogP contribution in [-0.2, 0) is 14.4 Å². The molecule has 0 bridgehead atoms. The van der Waals surface area contributed by atoms with Crippen molar-refractivity contribution < 1.29 is 28.7 Å². The molecule has 0 spiro atoms. The van der Waals surface area contributed by atoms with Crippen LogP contribution in [0.25, 0.3) is 6.08 Å². The molecular formula is C28H23BrClN3O6S. The van der Waals surface area contributed by atoms with Crippen molar-refractivity contribution in [3.05, 3.63) is 86.2 Å². The van der Waals surface area contributed by atoms with Gasteiger partial charge in [0, 0.05) is 5.69 Å². The summed E-state index contributed by atoms with van der Waals surface area (Å²) in [5.41, 5.74) is 2.64. The summed E-state index contributed by atoms with van der Waals surface area (Å²) in [6, 6.07) is 17.3. The summed E-state index contributed by atoms with van der Waals surface area (Å²) < 4.78 is 11.6. The molecule has 1 fully saturated rings. The standard InChI is InChI=1S/C28H23BrClN3O6S/c1-16-7-9-18(10-8-16)31-25(35)15-39-26-19(29)11-17(12-22(26)38-2)13-23-27(36)33(28(37)40-23)14-24(34)32-21-6-4-3-5-20(21)30/h3-13H,14-15H2,1-2H3,(H,31,35)(H,32,34)/b23-13+. The molecule has 1 saturated heterocycles. The first-order valence-electron chi connectivity index (χ1n) is 11.8. The number of nitrogens with zero attached hydrogens (tertiary/aromatic N) is 1. The lowest BCUT2D eigenvalue weighted by Gasteiger charge is -2.14. The Kier molecular flexibility index (Phi) is 9.51. The molecule has 1 aliphatic rings. The van der Waals surface area contributed by atoms with E-state index < -0.39 is 23.6 Å². The number of benzene rings is 3. The first-order chi connectivity index (χ1) is 19.1. The van der Waals surface area contributed by atoms with Crippen LogP contribution in [0.3, 0.4) is 0 Å². The highest BCUT2D eigenvalue weighted by atomic mass is 79.9. The van der Waals surface area contributed by atoms with Crippen molar-refractivity contribution in [1.82, 2.24) is 4.90 Å². The maximum Gasteiger partial charge on any atom is 0.294 e. The van der Waals surface area contributed by atoms with E-state index in [0.717, 1.165) is 22.2 Å². The van der Waals surface area contributed by atoms with Crippen molar-refractivity contribution in [2.24, 2.45) is 0 Å². The van der Waals surface area contributed by atoms with Crippen LogP contribution in [0.5, 0.6) is 11.5 Å². The molecule has 1 aliphatic heterocycles. The average Bonchev–Trinajstić information content (AvgIpc) is 3.17. The molecule has 0 radical (unpaired) electrons. The topological polar surface area (TPSA) is 114 Å². The molecule has 0 atom stereocenters. The zero-order valence-corrected chi connectivity index (χ0v) is 24.5. The molecule has 0 saturated carbocycles. The molecule has 0 unspecified atom stereocenters. The van der Waals surface area contributed by atoms with Crippen molar-refractivity contribution in [2.45, 2.75) is 6.92 Å². The van der Waals surface area contributed by atoms with Gasteiger partial charge in [0.25, 0.3) is 17.1 Å². The molecular weight excluding hydrogens is 622 g/mol. The second-order valence-corrected chi connectivity index (χ2v) is 10.8. The van der Waals surface area contributed by atoms with Crippen LogP contribution in [-0.4, -0.2) is 48.1 Å². The second kappa shape index (κ2) is 13.0. The van der Waals surface area contributed by atoms with E-state index in [1.807, 2.05) is 19.1 Å². The van der Waals surface area contributed by atoms with Gasteiger partial charge in [-0.1, -0.05) is 41.4 Å². The highest BCUT2D eigenvalue weighted by Crippen LogP contribution is 2.39. The summed E-state index contributed by atoms with van der Waals surface area (Å²) in [4.78, 5) is 51.2. The largest absolute Gasteiger partial charge is 0.493 e. The van der Waals surface area contributed by atoms with E-state index in [1.165, 1.54) is 13.2 Å². The number of carbonyl (C=O) groups excluding carboxylic acids is 4. The SMILES string of the molecule is COc1cc(/C=C2/SC(=O)N(CC(=O)Nc3ccccc3Cl)C2=O)cc(Br)c1OCC(=O)Nc1ccc(C)cc1. The Labute approximate surface area is 248 Å². The zero-order valence-electron chi connectivity index (χ0n) is 21.3. The van der Waals surface area contributed by atoms with Gasteiger partial charge < -0.3 is 20.1 Å². The number of anilines is 2. The van der Waals surface area contributed by atoms with Crippen LogP contribution in [0.15, 0.2) is 70.0 Å². The summed E-state index contributed by atoms with van der Waals surface area (Å²) in [6.07, 6.45) is 1.51. The number of amides is 4. The fourth-order valence-corrected chi connectivity index (χ4v) is 5.21. The summed E-state index contributed by atoms with van der Waals surface area (Å²) in [5.74, 6) is -0.916. The summed E-state index contributed by atoms with van der Waals surface area (Å²) in [7, 11) is 1.44. The number of ether oxygens (including phenoxy) is 2. The van der Waals surface area contributed by atoms with Gasteiger partial charge in [-0.25, -0.2) is 0 Å². The number of thioether (sulfide) groups is 1. The van der Waals surface area contributed by atoms with Crippen LogP contribution >= 0.6 is 39.3 Å². The quantitative estimate of drug-likeness (QED) is 0.270. The lowest BCUT2D eigenvalue weighted by molar-refractivity contribution is -0.127. The number of hydrogen-bond donors (Lipinski definition) is 2. The zero-order chi connectivity index (χ0) is 28.8. The molecule has 0 aromatic heterocycles. The van der Waals surface area contributed by atoms with Gasteiger partial charge in [-0.3, -0.25) is 24.1 Å². The highest BCUT2D eigenvalue weighted by Gasteiger charge is 2.36. The predicted octanol–water partition coefficient (Wildman–Crippen LogP) is 6.11. The van der Waals surface area contributed by atoms with Gasteiger partial charge in [0.05, 0.1) is 27.2 Å². The number of carbonyl (C=O) groups is 4. The lowest BCUT2D eigenvalue weighted by Crippen LogP contribution is -2.36. The van der Waals surface area contributed by atoms with Gasteiger partial charge in [-0.05, 0) is 82.7 Å². The van der Waals surface area contributed by atoms with E-state index in [9.17, 15) is 19.2 Å². The van der Waals surface area contributed by atoms with Crippen LogP contribution in [0.4, 0.5) is 16.2 Å². The number of imide groups is 1. The fraction of sp³-hybridized carbons (Fsp3) is 0.143. The monoisotopic (exact) mass is 643 g/mol. The van der Waals surface area contributed by atoms with E-state index in [-0.39, 0.29) is 17.4 Å². The molecule has 1 heterocycles. The van der Waals surface area contributed by atoms with Gasteiger partial charge in [-0.2, -0.15) is 0 Å². The maximum absolute atomic E-state index is 12.9. The fourth-order valence-electron chi connectivity index (χ4n) is 3.62. The van der Waals surface area contributed by atoms with Crippen LogP contribution in [0.2, 0.25) is 5.02 Å². The molecule has 12 heteroatoms. The summed E-state index contributed by atoms with van der Waals surface area (Å²) in [5, 5.41) is 5.12. The number of para-hydroxylation sites is 1. The van der Waals surface area contributed by atoms with Gasteiger partial charge in [0.2, 0.25) is 5.91 Å². The Hall–Kier alpha value is -3.80. The van der Waals surface area contributed by atoms with E-state index in [0.29, 0.717) is 37.9 Å². The first-order valence-corrected chi connectivity index (χ1v) is 13.8. The minimum absolute atomic E-state index is 0.135. The average molecular weight is 645 g/mol. The van der Waals surface area contributed by atoms with E-state index >= 15 is 0 Å². The third kappa shape index (κ3) is 7.23. The Morgan fingerprint density at radius 3 is 2.48 bits per heavy atom. The number of methoxy groups -OCH3 is 1. The maximum atomic E-state index is 12.9. The molecule has 3 aromatic rings.